The van der Waals surface area contributed by atoms with E-state index in [-0.39, 0.29) is 11.9 Å². The first kappa shape index (κ1) is 17.7. The van der Waals surface area contributed by atoms with Crippen molar-refractivity contribution in [1.82, 2.24) is 20.1 Å². The SMILES string of the molecule is CCNC(=O)N1CCN(C(=O)c2csc(-c3cccc(Cl)c3)n2)CC1. The number of hydrogen-bond acceptors (Lipinski definition) is 4. The first-order valence-electron chi connectivity index (χ1n) is 8.12. The number of benzene rings is 1. The van der Waals surface area contributed by atoms with E-state index in [9.17, 15) is 9.59 Å². The van der Waals surface area contributed by atoms with Gasteiger partial charge in [0, 0.05) is 48.7 Å². The summed E-state index contributed by atoms with van der Waals surface area (Å²) in [7, 11) is 0. The fourth-order valence-corrected chi connectivity index (χ4v) is 3.64. The van der Waals surface area contributed by atoms with Crippen LogP contribution in [0.2, 0.25) is 5.02 Å². The lowest BCUT2D eigenvalue weighted by molar-refractivity contribution is 0.0660. The van der Waals surface area contributed by atoms with E-state index in [1.54, 1.807) is 21.2 Å². The highest BCUT2D eigenvalue weighted by Gasteiger charge is 2.26. The lowest BCUT2D eigenvalue weighted by Gasteiger charge is -2.34. The number of amides is 3. The maximum atomic E-state index is 12.6. The Morgan fingerprint density at radius 2 is 1.96 bits per heavy atom. The van der Waals surface area contributed by atoms with Gasteiger partial charge in [-0.3, -0.25) is 4.79 Å². The van der Waals surface area contributed by atoms with Crippen molar-refractivity contribution < 1.29 is 9.59 Å². The zero-order valence-corrected chi connectivity index (χ0v) is 15.4. The van der Waals surface area contributed by atoms with Gasteiger partial charge in [0.15, 0.2) is 0 Å². The van der Waals surface area contributed by atoms with Gasteiger partial charge in [-0.1, -0.05) is 23.7 Å². The van der Waals surface area contributed by atoms with Crippen LogP contribution < -0.4 is 5.32 Å². The van der Waals surface area contributed by atoms with Crippen LogP contribution >= 0.6 is 22.9 Å². The average molecular weight is 379 g/mol. The molecule has 0 unspecified atom stereocenters. The normalized spacial score (nSPS) is 14.5. The van der Waals surface area contributed by atoms with Gasteiger partial charge < -0.3 is 15.1 Å². The number of nitrogens with zero attached hydrogens (tertiary/aromatic N) is 3. The predicted octanol–water partition coefficient (Wildman–Crippen LogP) is 2.95. The van der Waals surface area contributed by atoms with Gasteiger partial charge in [-0.15, -0.1) is 11.3 Å². The van der Waals surface area contributed by atoms with Crippen LogP contribution in [0.3, 0.4) is 0 Å². The molecule has 0 radical (unpaired) electrons. The zero-order valence-electron chi connectivity index (χ0n) is 13.9. The molecule has 0 saturated carbocycles. The number of carbonyl (C=O) groups is 2. The topological polar surface area (TPSA) is 65.5 Å². The first-order valence-corrected chi connectivity index (χ1v) is 9.37. The molecular weight excluding hydrogens is 360 g/mol. The number of rotatable bonds is 3. The third kappa shape index (κ3) is 4.11. The molecule has 3 amide bonds. The van der Waals surface area contributed by atoms with E-state index < -0.39 is 0 Å². The van der Waals surface area contributed by atoms with Gasteiger partial charge in [-0.05, 0) is 19.1 Å². The second-order valence-electron chi connectivity index (χ2n) is 5.66. The molecule has 6 nitrogen and oxygen atoms in total. The van der Waals surface area contributed by atoms with Crippen LogP contribution in [-0.4, -0.2) is 59.4 Å². The van der Waals surface area contributed by atoms with Gasteiger partial charge in [-0.2, -0.15) is 0 Å². The van der Waals surface area contributed by atoms with Crippen molar-refractivity contribution in [3.8, 4) is 10.6 Å². The van der Waals surface area contributed by atoms with Crippen molar-refractivity contribution in [3.63, 3.8) is 0 Å². The number of carbonyl (C=O) groups excluding carboxylic acids is 2. The minimum Gasteiger partial charge on any atom is -0.338 e. The molecule has 1 aromatic carbocycles. The van der Waals surface area contributed by atoms with Crippen LogP contribution in [0, 0.1) is 0 Å². The Labute approximate surface area is 155 Å². The summed E-state index contributed by atoms with van der Waals surface area (Å²) in [4.78, 5) is 32.4. The van der Waals surface area contributed by atoms with Crippen LogP contribution in [0.25, 0.3) is 10.6 Å². The molecule has 1 saturated heterocycles. The highest BCUT2D eigenvalue weighted by atomic mass is 35.5. The average Bonchev–Trinajstić information content (AvgIpc) is 3.11. The number of piperazine rings is 1. The van der Waals surface area contributed by atoms with Crippen LogP contribution in [0.4, 0.5) is 4.79 Å². The second kappa shape index (κ2) is 7.84. The van der Waals surface area contributed by atoms with Crippen LogP contribution in [0.5, 0.6) is 0 Å². The van der Waals surface area contributed by atoms with E-state index in [0.717, 1.165) is 10.6 Å². The molecule has 8 heteroatoms. The number of hydrogen-bond donors (Lipinski definition) is 1. The Morgan fingerprint density at radius 1 is 1.24 bits per heavy atom. The smallest absolute Gasteiger partial charge is 0.317 e. The monoisotopic (exact) mass is 378 g/mol. The molecule has 3 rings (SSSR count). The van der Waals surface area contributed by atoms with Crippen molar-refractivity contribution in [2.45, 2.75) is 6.92 Å². The summed E-state index contributed by atoms with van der Waals surface area (Å²) in [6, 6.07) is 7.34. The Morgan fingerprint density at radius 3 is 2.64 bits per heavy atom. The number of urea groups is 1. The zero-order chi connectivity index (χ0) is 17.8. The Bertz CT molecular complexity index is 772. The van der Waals surface area contributed by atoms with Gasteiger partial charge in [0.2, 0.25) is 0 Å². The summed E-state index contributed by atoms with van der Waals surface area (Å²) in [5, 5.41) is 5.96. The minimum atomic E-state index is -0.0972. The maximum absolute atomic E-state index is 12.6. The van der Waals surface area contributed by atoms with E-state index in [0.29, 0.717) is 43.4 Å². The van der Waals surface area contributed by atoms with Crippen molar-refractivity contribution >= 4 is 34.9 Å². The highest BCUT2D eigenvalue weighted by Crippen LogP contribution is 2.26. The third-order valence-electron chi connectivity index (χ3n) is 3.98. The first-order chi connectivity index (χ1) is 12.1. The maximum Gasteiger partial charge on any atom is 0.317 e. The minimum absolute atomic E-state index is 0.0773. The lowest BCUT2D eigenvalue weighted by atomic mass is 10.2. The lowest BCUT2D eigenvalue weighted by Crippen LogP contribution is -2.53. The number of halogens is 1. The molecule has 25 heavy (non-hydrogen) atoms. The third-order valence-corrected chi connectivity index (χ3v) is 5.10. The standard InChI is InChI=1S/C17H19ClN4O2S/c1-2-19-17(24)22-8-6-21(7-9-22)16(23)14-11-25-15(20-14)12-4-3-5-13(18)10-12/h3-5,10-11H,2,6-9H2,1H3,(H,19,24). The number of nitrogens with one attached hydrogen (secondary N) is 1. The molecule has 0 atom stereocenters. The molecule has 2 heterocycles. The summed E-state index contributed by atoms with van der Waals surface area (Å²) in [5.74, 6) is -0.0972. The van der Waals surface area contributed by atoms with E-state index in [4.69, 9.17) is 11.6 Å². The molecule has 1 fully saturated rings. The van der Waals surface area contributed by atoms with Crippen molar-refractivity contribution in [1.29, 1.82) is 0 Å². The molecule has 132 valence electrons. The van der Waals surface area contributed by atoms with Gasteiger partial charge >= 0.3 is 6.03 Å². The summed E-state index contributed by atoms with van der Waals surface area (Å²) in [6.07, 6.45) is 0. The molecule has 1 aliphatic heterocycles. The number of aromatic nitrogens is 1. The van der Waals surface area contributed by atoms with Gasteiger partial charge in [0.05, 0.1) is 0 Å². The largest absolute Gasteiger partial charge is 0.338 e. The van der Waals surface area contributed by atoms with Crippen LogP contribution in [-0.2, 0) is 0 Å². The fourth-order valence-electron chi connectivity index (χ4n) is 2.66. The summed E-state index contributed by atoms with van der Waals surface area (Å²) < 4.78 is 0. The van der Waals surface area contributed by atoms with E-state index in [2.05, 4.69) is 10.3 Å². The Kier molecular flexibility index (Phi) is 5.55. The molecule has 0 aliphatic carbocycles. The van der Waals surface area contributed by atoms with Gasteiger partial charge in [0.1, 0.15) is 10.7 Å². The molecule has 2 aromatic rings. The van der Waals surface area contributed by atoms with Gasteiger partial charge in [-0.25, -0.2) is 9.78 Å². The highest BCUT2D eigenvalue weighted by molar-refractivity contribution is 7.13. The van der Waals surface area contributed by atoms with Crippen LogP contribution in [0.15, 0.2) is 29.6 Å². The summed E-state index contributed by atoms with van der Waals surface area (Å²) in [6.45, 7) is 4.58. The van der Waals surface area contributed by atoms with Crippen molar-refractivity contribution in [2.24, 2.45) is 0 Å². The van der Waals surface area contributed by atoms with Crippen molar-refractivity contribution in [3.05, 3.63) is 40.4 Å². The predicted molar refractivity (Wildman–Crippen MR) is 99.1 cm³/mol. The number of thiazole rings is 1. The fraction of sp³-hybridized carbons (Fsp3) is 0.353. The van der Waals surface area contributed by atoms with E-state index in [1.807, 2.05) is 25.1 Å². The Balaban J connectivity index is 1.64. The van der Waals surface area contributed by atoms with E-state index >= 15 is 0 Å². The summed E-state index contributed by atoms with van der Waals surface area (Å²) in [5.41, 5.74) is 1.34. The summed E-state index contributed by atoms with van der Waals surface area (Å²) >= 11 is 7.44. The molecule has 1 aromatic heterocycles. The molecule has 1 aliphatic rings. The molecule has 0 bridgehead atoms. The van der Waals surface area contributed by atoms with Gasteiger partial charge in [0.25, 0.3) is 5.91 Å². The molecule has 1 N–H and O–H groups in total. The Hall–Kier alpha value is -2.12. The van der Waals surface area contributed by atoms with Crippen molar-refractivity contribution in [2.75, 3.05) is 32.7 Å². The van der Waals surface area contributed by atoms with E-state index in [1.165, 1.54) is 11.3 Å². The quantitative estimate of drug-likeness (QED) is 0.892. The molecular formula is C17H19ClN4O2S. The second-order valence-corrected chi connectivity index (χ2v) is 6.96. The van der Waals surface area contributed by atoms with Crippen LogP contribution in [0.1, 0.15) is 17.4 Å². The molecule has 0 spiro atoms.